The molecule has 0 bridgehead atoms. The van der Waals surface area contributed by atoms with Gasteiger partial charge >= 0.3 is 7.60 Å². The molecule has 0 N–H and O–H groups in total. The zero-order valence-corrected chi connectivity index (χ0v) is 25.9. The summed E-state index contributed by atoms with van der Waals surface area (Å²) in [7, 11) is -1.83. The van der Waals surface area contributed by atoms with Crippen LogP contribution in [-0.2, 0) is 26.8 Å². The molecule has 0 atom stereocenters. The molecule has 11 nitrogen and oxygen atoms in total. The van der Waals surface area contributed by atoms with Crippen LogP contribution < -0.4 is 14.2 Å². The van der Waals surface area contributed by atoms with E-state index in [4.69, 9.17) is 32.1 Å². The number of para-hydroxylation sites is 1. The first kappa shape index (κ1) is 30.9. The third-order valence-corrected chi connectivity index (χ3v) is 8.12. The summed E-state index contributed by atoms with van der Waals surface area (Å²) in [6.07, 6.45) is 3.24. The quantitative estimate of drug-likeness (QED) is 0.107. The molecule has 12 heteroatoms. The van der Waals surface area contributed by atoms with Crippen LogP contribution in [0.5, 0.6) is 17.4 Å². The number of aryl methyl sites for hydroxylation is 1. The van der Waals surface area contributed by atoms with E-state index in [9.17, 15) is 4.57 Å². The molecule has 0 radical (unpaired) electrons. The smallest absolute Gasteiger partial charge is 0.354 e. The minimum Gasteiger partial charge on any atom is -0.493 e. The SMILES string of the molecule is CCOP(=O)(/C=C/c1cc(OCc2ccc(OCc3nc(-c4ccco4)oc3C)c(OC)c2)nn1-c1ccccc1)OCC. The number of nitrogens with zero attached hydrogens (tertiary/aromatic N) is 3. The highest BCUT2D eigenvalue weighted by Gasteiger charge is 2.20. The number of rotatable bonds is 15. The van der Waals surface area contributed by atoms with Crippen LogP contribution in [0.4, 0.5) is 0 Å². The molecule has 0 aliphatic rings. The first-order valence-electron chi connectivity index (χ1n) is 14.1. The Kier molecular flexibility index (Phi) is 10.0. The summed E-state index contributed by atoms with van der Waals surface area (Å²) in [6.45, 7) is 6.28. The zero-order chi connectivity index (χ0) is 30.9. The van der Waals surface area contributed by atoms with E-state index in [0.29, 0.717) is 46.2 Å². The lowest BCUT2D eigenvalue weighted by molar-refractivity contribution is 0.229. The Balaban J connectivity index is 1.29. The van der Waals surface area contributed by atoms with Crippen LogP contribution in [0.25, 0.3) is 23.4 Å². The molecular weight excluding hydrogens is 585 g/mol. The lowest BCUT2D eigenvalue weighted by Crippen LogP contribution is -2.02. The van der Waals surface area contributed by atoms with Gasteiger partial charge in [0.15, 0.2) is 17.3 Å². The molecule has 3 aromatic heterocycles. The lowest BCUT2D eigenvalue weighted by atomic mass is 10.2. The Morgan fingerprint density at radius 3 is 2.43 bits per heavy atom. The van der Waals surface area contributed by atoms with Crippen molar-refractivity contribution < 1.29 is 36.7 Å². The van der Waals surface area contributed by atoms with Crippen molar-refractivity contribution in [3.63, 3.8) is 0 Å². The van der Waals surface area contributed by atoms with Gasteiger partial charge in [-0.3, -0.25) is 4.57 Å². The molecule has 0 aliphatic carbocycles. The van der Waals surface area contributed by atoms with Crippen molar-refractivity contribution in [3.05, 3.63) is 102 Å². The van der Waals surface area contributed by atoms with Crippen LogP contribution in [0.2, 0.25) is 0 Å². The minimum absolute atomic E-state index is 0.189. The van der Waals surface area contributed by atoms with Crippen molar-refractivity contribution in [1.82, 2.24) is 14.8 Å². The molecule has 0 unspecified atom stereocenters. The fourth-order valence-corrected chi connectivity index (χ4v) is 5.58. The van der Waals surface area contributed by atoms with Crippen molar-refractivity contribution in [2.24, 2.45) is 0 Å². The molecule has 230 valence electrons. The van der Waals surface area contributed by atoms with E-state index in [0.717, 1.165) is 11.3 Å². The molecule has 0 amide bonds. The molecule has 0 spiro atoms. The molecule has 3 heterocycles. The van der Waals surface area contributed by atoms with E-state index in [-0.39, 0.29) is 26.4 Å². The Morgan fingerprint density at radius 2 is 1.73 bits per heavy atom. The molecule has 0 aliphatic heterocycles. The highest BCUT2D eigenvalue weighted by molar-refractivity contribution is 7.57. The Bertz CT molecular complexity index is 1720. The van der Waals surface area contributed by atoms with Gasteiger partial charge in [-0.25, -0.2) is 9.67 Å². The fraction of sp³-hybridized carbons (Fsp3) is 0.250. The van der Waals surface area contributed by atoms with Crippen LogP contribution in [0, 0.1) is 6.92 Å². The second-order valence-corrected chi connectivity index (χ2v) is 11.3. The molecule has 0 fully saturated rings. The first-order chi connectivity index (χ1) is 21.4. The van der Waals surface area contributed by atoms with Crippen LogP contribution in [0.1, 0.15) is 36.6 Å². The van der Waals surface area contributed by atoms with Crippen molar-refractivity contribution in [2.75, 3.05) is 20.3 Å². The van der Waals surface area contributed by atoms with Crippen LogP contribution >= 0.6 is 7.60 Å². The van der Waals surface area contributed by atoms with Gasteiger partial charge in [0, 0.05) is 11.9 Å². The molecule has 44 heavy (non-hydrogen) atoms. The molecule has 2 aromatic carbocycles. The minimum atomic E-state index is -3.40. The zero-order valence-electron chi connectivity index (χ0n) is 25.0. The summed E-state index contributed by atoms with van der Waals surface area (Å²) in [5, 5.41) is 4.63. The third kappa shape index (κ3) is 7.49. The topological polar surface area (TPSA) is 120 Å². The number of furan rings is 1. The number of methoxy groups -OCH3 is 1. The Labute approximate surface area is 255 Å². The summed E-state index contributed by atoms with van der Waals surface area (Å²) in [4.78, 5) is 4.49. The molecule has 0 saturated heterocycles. The third-order valence-electron chi connectivity index (χ3n) is 6.36. The Hall–Kier alpha value is -4.57. The number of ether oxygens (including phenoxy) is 3. The molecule has 5 rings (SSSR count). The monoisotopic (exact) mass is 619 g/mol. The summed E-state index contributed by atoms with van der Waals surface area (Å²) in [6, 6.07) is 20.4. The summed E-state index contributed by atoms with van der Waals surface area (Å²) < 4.78 is 54.3. The maximum atomic E-state index is 13.0. The predicted octanol–water partition coefficient (Wildman–Crippen LogP) is 7.83. The van der Waals surface area contributed by atoms with Gasteiger partial charge in [0.25, 0.3) is 5.89 Å². The van der Waals surface area contributed by atoms with E-state index in [2.05, 4.69) is 10.1 Å². The van der Waals surface area contributed by atoms with Crippen LogP contribution in [0.3, 0.4) is 0 Å². The summed E-state index contributed by atoms with van der Waals surface area (Å²) in [5.74, 6) is 4.51. The number of aromatic nitrogens is 3. The average Bonchev–Trinajstić information content (AvgIpc) is 3.79. The Morgan fingerprint density at radius 1 is 0.932 bits per heavy atom. The van der Waals surface area contributed by atoms with Crippen LogP contribution in [-0.4, -0.2) is 35.1 Å². The van der Waals surface area contributed by atoms with E-state index in [1.54, 1.807) is 56.2 Å². The summed E-state index contributed by atoms with van der Waals surface area (Å²) >= 11 is 0. The maximum absolute atomic E-state index is 13.0. The van der Waals surface area contributed by atoms with Crippen LogP contribution in [0.15, 0.2) is 87.6 Å². The van der Waals surface area contributed by atoms with Gasteiger partial charge in [0.2, 0.25) is 5.88 Å². The number of hydrogen-bond acceptors (Lipinski definition) is 10. The second-order valence-electron chi connectivity index (χ2n) is 9.41. The van der Waals surface area contributed by atoms with E-state index >= 15 is 0 Å². The normalized spacial score (nSPS) is 11.7. The number of oxazole rings is 1. The van der Waals surface area contributed by atoms with E-state index in [1.165, 1.54) is 5.82 Å². The van der Waals surface area contributed by atoms with Crippen molar-refractivity contribution in [3.8, 4) is 34.7 Å². The average molecular weight is 620 g/mol. The second kappa shape index (κ2) is 14.3. The summed E-state index contributed by atoms with van der Waals surface area (Å²) in [5.41, 5.74) is 2.95. The van der Waals surface area contributed by atoms with Gasteiger partial charge < -0.3 is 32.1 Å². The number of benzene rings is 2. The van der Waals surface area contributed by atoms with Gasteiger partial charge in [0.1, 0.15) is 24.7 Å². The standard InChI is InChI=1S/C32H34N3O8P/c1-5-41-44(36,42-6-2)18-16-26-20-31(34-35(26)25-11-8-7-9-12-25)40-21-24-14-15-28(30(19-24)37-4)39-22-27-23(3)43-32(33-27)29-13-10-17-38-29/h7-20H,5-6,21-22H2,1-4H3/b18-16+. The number of hydrogen-bond donors (Lipinski definition) is 0. The highest BCUT2D eigenvalue weighted by Crippen LogP contribution is 2.50. The largest absolute Gasteiger partial charge is 0.493 e. The maximum Gasteiger partial charge on any atom is 0.354 e. The fourth-order valence-electron chi connectivity index (χ4n) is 4.28. The predicted molar refractivity (Wildman–Crippen MR) is 164 cm³/mol. The van der Waals surface area contributed by atoms with Crippen molar-refractivity contribution in [2.45, 2.75) is 34.0 Å². The highest BCUT2D eigenvalue weighted by atomic mass is 31.2. The van der Waals surface area contributed by atoms with Gasteiger partial charge in [-0.05, 0) is 68.8 Å². The first-order valence-corrected chi connectivity index (χ1v) is 15.7. The van der Waals surface area contributed by atoms with E-state index in [1.807, 2.05) is 55.5 Å². The van der Waals surface area contributed by atoms with Gasteiger partial charge in [-0.2, -0.15) is 0 Å². The van der Waals surface area contributed by atoms with Gasteiger partial charge in [-0.15, -0.1) is 5.10 Å². The molecule has 5 aromatic rings. The lowest BCUT2D eigenvalue weighted by Gasteiger charge is -2.12. The van der Waals surface area contributed by atoms with Crippen molar-refractivity contribution in [1.29, 1.82) is 0 Å². The van der Waals surface area contributed by atoms with Crippen molar-refractivity contribution >= 4 is 13.7 Å². The van der Waals surface area contributed by atoms with Gasteiger partial charge in [0.05, 0.1) is 38.0 Å². The van der Waals surface area contributed by atoms with Gasteiger partial charge in [-0.1, -0.05) is 24.3 Å². The van der Waals surface area contributed by atoms with E-state index < -0.39 is 7.60 Å². The molecule has 0 saturated carbocycles. The molecular formula is C32H34N3O8P.